The fourth-order valence-electron chi connectivity index (χ4n) is 5.81. The van der Waals surface area contributed by atoms with E-state index in [1.54, 1.807) is 7.11 Å². The van der Waals surface area contributed by atoms with Gasteiger partial charge in [-0.15, -0.1) is 0 Å². The minimum Gasteiger partial charge on any atom is -0.379 e. The van der Waals surface area contributed by atoms with Crippen molar-refractivity contribution in [1.82, 2.24) is 15.2 Å². The second-order valence-electron chi connectivity index (χ2n) is 10.2. The van der Waals surface area contributed by atoms with Crippen LogP contribution < -0.4 is 5.32 Å². The molecule has 4 unspecified atom stereocenters. The topological polar surface area (TPSA) is 46.6 Å². The number of ether oxygens (including phenoxy) is 2. The molecule has 5 nitrogen and oxygen atoms in total. The van der Waals surface area contributed by atoms with Crippen LogP contribution in [0.15, 0.2) is 12.3 Å². The monoisotopic (exact) mass is 455 g/mol. The molecule has 0 bridgehead atoms. The van der Waals surface area contributed by atoms with Crippen molar-refractivity contribution in [3.8, 4) is 0 Å². The molecule has 4 atom stereocenters. The number of methoxy groups -OCH3 is 1. The number of nitrogens with zero attached hydrogens (tertiary/aromatic N) is 2. The average Bonchev–Trinajstić information content (AvgIpc) is 3.16. The number of fused-ring (bicyclic) bond motifs is 1. The van der Waals surface area contributed by atoms with Gasteiger partial charge < -0.3 is 14.8 Å². The van der Waals surface area contributed by atoms with Gasteiger partial charge in [-0.05, 0) is 48.6 Å². The number of rotatable bonds is 6. The zero-order valence-electron chi connectivity index (χ0n) is 19.4. The van der Waals surface area contributed by atoms with Crippen LogP contribution >= 0.6 is 0 Å². The molecule has 0 spiro atoms. The Morgan fingerprint density at radius 3 is 2.88 bits per heavy atom. The lowest BCUT2D eigenvalue weighted by Gasteiger charge is -2.41. The summed E-state index contributed by atoms with van der Waals surface area (Å²) in [5.41, 5.74) is 1.05. The lowest BCUT2D eigenvalue weighted by molar-refractivity contribution is -0.137. The van der Waals surface area contributed by atoms with Gasteiger partial charge in [0, 0.05) is 63.7 Å². The smallest absolute Gasteiger partial charge is 0.379 e. The molecule has 2 fully saturated rings. The Balaban J connectivity index is 1.42. The summed E-state index contributed by atoms with van der Waals surface area (Å²) in [4.78, 5) is 6.46. The molecule has 2 aliphatic heterocycles. The lowest BCUT2D eigenvalue weighted by Crippen LogP contribution is -2.51. The van der Waals surface area contributed by atoms with Crippen molar-refractivity contribution in [2.24, 2.45) is 11.3 Å². The summed E-state index contributed by atoms with van der Waals surface area (Å²) in [6.07, 6.45) is 1.72. The van der Waals surface area contributed by atoms with Gasteiger partial charge in [0.15, 0.2) is 0 Å². The standard InChI is InChI=1S/C24H36F3N3O2/c1-16(2)23(7-4-19(11-23)29-21-6-9-32-14-22(21)31-3)15-30-8-5-20-17(13-30)10-18(12-28-20)24(25,26)27/h10,12,16,19,21-22,29H,4-9,11,13-15H2,1-3H3. The summed E-state index contributed by atoms with van der Waals surface area (Å²) in [6, 6.07) is 2.05. The maximum absolute atomic E-state index is 13.2. The van der Waals surface area contributed by atoms with Gasteiger partial charge in [0.05, 0.1) is 18.3 Å². The molecule has 3 aliphatic rings. The molecule has 0 radical (unpaired) electrons. The molecule has 4 rings (SSSR count). The Morgan fingerprint density at radius 1 is 1.34 bits per heavy atom. The predicted octanol–water partition coefficient (Wildman–Crippen LogP) is 4.05. The summed E-state index contributed by atoms with van der Waals surface area (Å²) in [6.45, 7) is 8.29. The average molecular weight is 456 g/mol. The molecule has 1 saturated heterocycles. The molecule has 1 aliphatic carbocycles. The Kier molecular flexibility index (Phi) is 7.15. The molecule has 32 heavy (non-hydrogen) atoms. The predicted molar refractivity (Wildman–Crippen MR) is 116 cm³/mol. The van der Waals surface area contributed by atoms with Gasteiger partial charge in [0.25, 0.3) is 0 Å². The highest BCUT2D eigenvalue weighted by Crippen LogP contribution is 2.46. The van der Waals surface area contributed by atoms with E-state index >= 15 is 0 Å². The van der Waals surface area contributed by atoms with Gasteiger partial charge in [0.1, 0.15) is 0 Å². The third kappa shape index (κ3) is 5.13. The number of hydrogen-bond donors (Lipinski definition) is 1. The van der Waals surface area contributed by atoms with Crippen molar-refractivity contribution in [2.75, 3.05) is 33.4 Å². The Bertz CT molecular complexity index is 788. The summed E-state index contributed by atoms with van der Waals surface area (Å²) in [5, 5.41) is 3.85. The van der Waals surface area contributed by atoms with Crippen molar-refractivity contribution in [3.63, 3.8) is 0 Å². The number of halogens is 3. The van der Waals surface area contributed by atoms with Gasteiger partial charge in [0.2, 0.25) is 0 Å². The van der Waals surface area contributed by atoms with Gasteiger partial charge in [-0.1, -0.05) is 13.8 Å². The molecule has 1 N–H and O–H groups in total. The van der Waals surface area contributed by atoms with E-state index in [0.29, 0.717) is 37.6 Å². The molecule has 1 saturated carbocycles. The van der Waals surface area contributed by atoms with Crippen LogP contribution in [0.3, 0.4) is 0 Å². The third-order valence-electron chi connectivity index (χ3n) is 7.91. The van der Waals surface area contributed by atoms with E-state index in [-0.39, 0.29) is 11.5 Å². The first-order valence-electron chi connectivity index (χ1n) is 11.8. The second-order valence-corrected chi connectivity index (χ2v) is 10.2. The van der Waals surface area contributed by atoms with Crippen molar-refractivity contribution < 1.29 is 22.6 Å². The molecular formula is C24H36F3N3O2. The van der Waals surface area contributed by atoms with E-state index in [9.17, 15) is 13.2 Å². The molecule has 0 aromatic carbocycles. The minimum absolute atomic E-state index is 0.0896. The Morgan fingerprint density at radius 2 is 2.16 bits per heavy atom. The zero-order chi connectivity index (χ0) is 22.9. The van der Waals surface area contributed by atoms with Gasteiger partial charge in [-0.3, -0.25) is 9.88 Å². The third-order valence-corrected chi connectivity index (χ3v) is 7.91. The fraction of sp³-hybridized carbons (Fsp3) is 0.792. The minimum atomic E-state index is -4.35. The highest BCUT2D eigenvalue weighted by atomic mass is 19.4. The molecular weight excluding hydrogens is 419 g/mol. The van der Waals surface area contributed by atoms with Crippen molar-refractivity contribution in [3.05, 3.63) is 29.1 Å². The summed E-state index contributed by atoms with van der Waals surface area (Å²) >= 11 is 0. The van der Waals surface area contributed by atoms with Crippen LogP contribution in [0, 0.1) is 11.3 Å². The maximum atomic E-state index is 13.2. The fourth-order valence-corrected chi connectivity index (χ4v) is 5.81. The van der Waals surface area contributed by atoms with Crippen LogP contribution in [-0.4, -0.2) is 61.5 Å². The van der Waals surface area contributed by atoms with E-state index in [1.165, 1.54) is 6.07 Å². The summed E-state index contributed by atoms with van der Waals surface area (Å²) in [5.74, 6) is 0.503. The number of alkyl halides is 3. The number of aromatic nitrogens is 1. The first kappa shape index (κ1) is 23.9. The number of hydrogen-bond acceptors (Lipinski definition) is 5. The van der Waals surface area contributed by atoms with Gasteiger partial charge >= 0.3 is 6.18 Å². The lowest BCUT2D eigenvalue weighted by atomic mass is 9.74. The van der Waals surface area contributed by atoms with E-state index < -0.39 is 11.7 Å². The largest absolute Gasteiger partial charge is 0.417 e. The Hall–Kier alpha value is -1.22. The maximum Gasteiger partial charge on any atom is 0.417 e. The normalized spacial score (nSPS) is 31.8. The van der Waals surface area contributed by atoms with Gasteiger partial charge in [-0.25, -0.2) is 0 Å². The summed E-state index contributed by atoms with van der Waals surface area (Å²) < 4.78 is 50.7. The zero-order valence-corrected chi connectivity index (χ0v) is 19.4. The van der Waals surface area contributed by atoms with Crippen LogP contribution in [0.5, 0.6) is 0 Å². The van der Waals surface area contributed by atoms with E-state index in [4.69, 9.17) is 9.47 Å². The molecule has 1 aromatic rings. The Labute approximate surface area is 189 Å². The van der Waals surface area contributed by atoms with Crippen molar-refractivity contribution in [2.45, 2.75) is 76.9 Å². The molecule has 1 aromatic heterocycles. The highest BCUT2D eigenvalue weighted by Gasteiger charge is 2.44. The van der Waals surface area contributed by atoms with Gasteiger partial charge in [-0.2, -0.15) is 13.2 Å². The number of nitrogens with one attached hydrogen (secondary N) is 1. The molecule has 180 valence electrons. The quantitative estimate of drug-likeness (QED) is 0.701. The first-order valence-corrected chi connectivity index (χ1v) is 11.8. The van der Waals surface area contributed by atoms with E-state index in [0.717, 1.165) is 62.8 Å². The second kappa shape index (κ2) is 9.57. The van der Waals surface area contributed by atoms with E-state index in [1.807, 2.05) is 0 Å². The number of pyridine rings is 1. The molecule has 3 heterocycles. The van der Waals surface area contributed by atoms with Crippen LogP contribution in [0.25, 0.3) is 0 Å². The van der Waals surface area contributed by atoms with Crippen LogP contribution in [-0.2, 0) is 28.6 Å². The van der Waals surface area contributed by atoms with Crippen LogP contribution in [0.4, 0.5) is 13.2 Å². The summed E-state index contributed by atoms with van der Waals surface area (Å²) in [7, 11) is 1.74. The molecule has 8 heteroatoms. The van der Waals surface area contributed by atoms with E-state index in [2.05, 4.69) is 29.0 Å². The molecule has 0 amide bonds. The van der Waals surface area contributed by atoms with Crippen molar-refractivity contribution in [1.29, 1.82) is 0 Å². The highest BCUT2D eigenvalue weighted by molar-refractivity contribution is 5.29. The van der Waals surface area contributed by atoms with Crippen LogP contribution in [0.1, 0.15) is 56.4 Å². The van der Waals surface area contributed by atoms with Crippen molar-refractivity contribution >= 4 is 0 Å². The van der Waals surface area contributed by atoms with Crippen LogP contribution in [0.2, 0.25) is 0 Å². The SMILES string of the molecule is COC1COCCC1NC1CCC(CN2CCc3ncc(C(F)(F)F)cc3C2)(C(C)C)C1. The first-order chi connectivity index (χ1) is 15.2.